The molecule has 0 amide bonds. The lowest BCUT2D eigenvalue weighted by Crippen LogP contribution is -2.43. The topological polar surface area (TPSA) is 20.2 Å². The fourth-order valence-electron chi connectivity index (χ4n) is 6.08. The second kappa shape index (κ2) is 2.85. The normalized spacial score (nSPS) is 58.7. The molecule has 1 spiro atoms. The van der Waals surface area contributed by atoms with Crippen LogP contribution in [-0.4, -0.2) is 11.2 Å². The van der Waals surface area contributed by atoms with E-state index in [2.05, 4.69) is 27.7 Å². The maximum absolute atomic E-state index is 10.9. The zero-order chi connectivity index (χ0) is 11.8. The zero-order valence-electron chi connectivity index (χ0n) is 11.2. The number of aliphatic hydroxyl groups excluding tert-OH is 1. The van der Waals surface area contributed by atoms with Gasteiger partial charge in [0.2, 0.25) is 0 Å². The van der Waals surface area contributed by atoms with Crippen LogP contribution in [0.1, 0.15) is 59.8 Å². The lowest BCUT2D eigenvalue weighted by molar-refractivity contribution is -0.0497. The summed E-state index contributed by atoms with van der Waals surface area (Å²) >= 11 is 0. The molecule has 3 aliphatic rings. The van der Waals surface area contributed by atoms with E-state index in [0.29, 0.717) is 5.41 Å². The molecule has 1 heteroatoms. The van der Waals surface area contributed by atoms with Gasteiger partial charge in [0.1, 0.15) is 0 Å². The van der Waals surface area contributed by atoms with E-state index in [0.717, 1.165) is 11.8 Å². The zero-order valence-corrected chi connectivity index (χ0v) is 11.2. The third-order valence-electron chi connectivity index (χ3n) is 6.57. The quantitative estimate of drug-likeness (QED) is 0.664. The molecule has 0 saturated heterocycles. The Kier molecular flexibility index (Phi) is 1.98. The van der Waals surface area contributed by atoms with Gasteiger partial charge in [-0.3, -0.25) is 0 Å². The Labute approximate surface area is 99.6 Å². The molecule has 0 aromatic heterocycles. The van der Waals surface area contributed by atoms with Crippen molar-refractivity contribution in [1.29, 1.82) is 0 Å². The van der Waals surface area contributed by atoms with Gasteiger partial charge in [-0.2, -0.15) is 0 Å². The van der Waals surface area contributed by atoms with Crippen molar-refractivity contribution in [2.24, 2.45) is 28.1 Å². The van der Waals surface area contributed by atoms with Gasteiger partial charge in [-0.1, -0.05) is 27.7 Å². The molecule has 3 saturated carbocycles. The molecule has 92 valence electrons. The van der Waals surface area contributed by atoms with Gasteiger partial charge >= 0.3 is 0 Å². The summed E-state index contributed by atoms with van der Waals surface area (Å²) in [5.41, 5.74) is 0.832. The van der Waals surface area contributed by atoms with Crippen LogP contribution in [0.25, 0.3) is 0 Å². The second-order valence-electron chi connectivity index (χ2n) is 7.83. The Morgan fingerprint density at radius 3 is 2.44 bits per heavy atom. The number of hydrogen-bond acceptors (Lipinski definition) is 1. The molecule has 0 bridgehead atoms. The molecule has 1 N–H and O–H groups in total. The first kappa shape index (κ1) is 11.1. The molecule has 0 unspecified atom stereocenters. The standard InChI is InChI=1S/C15H26O/c1-10-5-8-15-11(10)6-7-14(15,4)9-13(2,3)12(15)16/h10-12,16H,5-9H2,1-4H3/t10-,11+,12-,14+,15-/m1/s1. The van der Waals surface area contributed by atoms with Crippen LogP contribution in [-0.2, 0) is 0 Å². The van der Waals surface area contributed by atoms with Gasteiger partial charge in [-0.15, -0.1) is 0 Å². The van der Waals surface area contributed by atoms with Crippen molar-refractivity contribution in [2.45, 2.75) is 65.9 Å². The van der Waals surface area contributed by atoms with Crippen LogP contribution in [0.15, 0.2) is 0 Å². The van der Waals surface area contributed by atoms with Gasteiger partial charge in [0, 0.05) is 5.41 Å². The van der Waals surface area contributed by atoms with Crippen LogP contribution in [0.3, 0.4) is 0 Å². The fraction of sp³-hybridized carbons (Fsp3) is 1.00. The van der Waals surface area contributed by atoms with Gasteiger partial charge in [0.05, 0.1) is 6.10 Å². The van der Waals surface area contributed by atoms with Crippen molar-refractivity contribution in [3.05, 3.63) is 0 Å². The lowest BCUT2D eigenvalue weighted by atomic mass is 9.64. The third-order valence-corrected chi connectivity index (χ3v) is 6.57. The predicted molar refractivity (Wildman–Crippen MR) is 66.1 cm³/mol. The summed E-state index contributed by atoms with van der Waals surface area (Å²) < 4.78 is 0. The molecular weight excluding hydrogens is 196 g/mol. The van der Waals surface area contributed by atoms with E-state index in [9.17, 15) is 5.11 Å². The highest BCUT2D eigenvalue weighted by Gasteiger charge is 2.71. The van der Waals surface area contributed by atoms with E-state index >= 15 is 0 Å². The summed E-state index contributed by atoms with van der Waals surface area (Å²) in [7, 11) is 0. The van der Waals surface area contributed by atoms with Crippen LogP contribution in [0, 0.1) is 28.1 Å². The second-order valence-corrected chi connectivity index (χ2v) is 7.83. The average Bonchev–Trinajstić information content (AvgIpc) is 2.68. The first-order valence-corrected chi connectivity index (χ1v) is 7.02. The van der Waals surface area contributed by atoms with E-state index in [4.69, 9.17) is 0 Å². The predicted octanol–water partition coefficient (Wildman–Crippen LogP) is 3.61. The van der Waals surface area contributed by atoms with Gasteiger partial charge in [-0.25, -0.2) is 0 Å². The largest absolute Gasteiger partial charge is 0.392 e. The molecule has 3 rings (SSSR count). The van der Waals surface area contributed by atoms with Crippen molar-refractivity contribution in [2.75, 3.05) is 0 Å². The minimum atomic E-state index is -0.0672. The van der Waals surface area contributed by atoms with Crippen molar-refractivity contribution < 1.29 is 5.11 Å². The molecule has 16 heavy (non-hydrogen) atoms. The highest BCUT2D eigenvalue weighted by molar-refractivity contribution is 5.20. The number of aliphatic hydroxyl groups is 1. The molecule has 1 nitrogen and oxygen atoms in total. The summed E-state index contributed by atoms with van der Waals surface area (Å²) in [6.07, 6.45) is 6.49. The molecular formula is C15H26O. The Balaban J connectivity index is 2.10. The fourth-order valence-corrected chi connectivity index (χ4v) is 6.08. The lowest BCUT2D eigenvalue weighted by Gasteiger charge is -2.42. The van der Waals surface area contributed by atoms with E-state index in [1.54, 1.807) is 0 Å². The molecule has 3 fully saturated rings. The maximum atomic E-state index is 10.9. The van der Waals surface area contributed by atoms with Gasteiger partial charge in [0.25, 0.3) is 0 Å². The van der Waals surface area contributed by atoms with Crippen LogP contribution >= 0.6 is 0 Å². The van der Waals surface area contributed by atoms with E-state index in [1.807, 2.05) is 0 Å². The molecule has 0 aliphatic heterocycles. The van der Waals surface area contributed by atoms with E-state index in [1.165, 1.54) is 32.1 Å². The Morgan fingerprint density at radius 2 is 1.75 bits per heavy atom. The molecule has 0 aromatic rings. The summed E-state index contributed by atoms with van der Waals surface area (Å²) in [4.78, 5) is 0. The summed E-state index contributed by atoms with van der Waals surface area (Å²) in [6.45, 7) is 9.41. The van der Waals surface area contributed by atoms with Crippen molar-refractivity contribution in [3.8, 4) is 0 Å². The van der Waals surface area contributed by atoms with Crippen LogP contribution in [0.4, 0.5) is 0 Å². The summed E-state index contributed by atoms with van der Waals surface area (Å²) in [5.74, 6) is 1.64. The summed E-state index contributed by atoms with van der Waals surface area (Å²) in [5, 5.41) is 10.9. The van der Waals surface area contributed by atoms with E-state index < -0.39 is 0 Å². The Bertz CT molecular complexity index is 321. The smallest absolute Gasteiger partial charge is 0.0655 e. The van der Waals surface area contributed by atoms with Gasteiger partial charge < -0.3 is 5.11 Å². The highest BCUT2D eigenvalue weighted by Crippen LogP contribution is 2.75. The Hall–Kier alpha value is -0.0400. The first-order chi connectivity index (χ1) is 7.33. The molecule has 0 aromatic carbocycles. The van der Waals surface area contributed by atoms with Crippen LogP contribution in [0.2, 0.25) is 0 Å². The first-order valence-electron chi connectivity index (χ1n) is 7.02. The van der Waals surface area contributed by atoms with Crippen molar-refractivity contribution >= 4 is 0 Å². The van der Waals surface area contributed by atoms with E-state index in [-0.39, 0.29) is 16.9 Å². The average molecular weight is 222 g/mol. The highest BCUT2D eigenvalue weighted by atomic mass is 16.3. The summed E-state index contributed by atoms with van der Waals surface area (Å²) in [6, 6.07) is 0. The molecule has 5 atom stereocenters. The maximum Gasteiger partial charge on any atom is 0.0655 e. The SMILES string of the molecule is C[C@@H]1CC[C@@]23[C@H](O)C(C)(C)C[C@]2(C)CC[C@@H]13. The van der Waals surface area contributed by atoms with Crippen LogP contribution in [0.5, 0.6) is 0 Å². The Morgan fingerprint density at radius 1 is 1.06 bits per heavy atom. The minimum absolute atomic E-state index is 0.0672. The monoisotopic (exact) mass is 222 g/mol. The number of rotatable bonds is 0. The third kappa shape index (κ3) is 0.978. The van der Waals surface area contributed by atoms with Crippen molar-refractivity contribution in [1.82, 2.24) is 0 Å². The van der Waals surface area contributed by atoms with Crippen LogP contribution < -0.4 is 0 Å². The number of hydrogen-bond donors (Lipinski definition) is 1. The van der Waals surface area contributed by atoms with Crippen molar-refractivity contribution in [3.63, 3.8) is 0 Å². The van der Waals surface area contributed by atoms with Gasteiger partial charge in [0.15, 0.2) is 0 Å². The molecule has 0 radical (unpaired) electrons. The van der Waals surface area contributed by atoms with Gasteiger partial charge in [-0.05, 0) is 54.8 Å². The molecule has 3 aliphatic carbocycles. The minimum Gasteiger partial charge on any atom is -0.392 e. The molecule has 0 heterocycles.